The number of ether oxygens (including phenoxy) is 3. The van der Waals surface area contributed by atoms with Gasteiger partial charge in [0.2, 0.25) is 0 Å². The molecule has 1 heterocycles. The number of rotatable bonds is 5. The van der Waals surface area contributed by atoms with Crippen molar-refractivity contribution in [1.82, 2.24) is 4.90 Å². The van der Waals surface area contributed by atoms with Crippen LogP contribution >= 0.6 is 0 Å². The molecule has 1 aliphatic rings. The third kappa shape index (κ3) is 4.10. The molecule has 1 fully saturated rings. The average Bonchev–Trinajstić information content (AvgIpc) is 2.59. The molecule has 1 aromatic carbocycles. The molecule has 0 radical (unpaired) electrons. The molecule has 0 spiro atoms. The Morgan fingerprint density at radius 2 is 1.44 bits per heavy atom. The van der Waals surface area contributed by atoms with Gasteiger partial charge in [-0.3, -0.25) is 0 Å². The van der Waals surface area contributed by atoms with Crippen LogP contribution in [0, 0.1) is 0 Å². The lowest BCUT2D eigenvalue weighted by Gasteiger charge is -2.38. The van der Waals surface area contributed by atoms with Gasteiger partial charge in [-0.15, -0.1) is 0 Å². The van der Waals surface area contributed by atoms with Gasteiger partial charge in [0.05, 0.1) is 12.8 Å². The van der Waals surface area contributed by atoms with Gasteiger partial charge in [-0.25, -0.2) is 0 Å². The fraction of sp³-hybridized carbons (Fsp3) is 0.700. The second-order valence-corrected chi connectivity index (χ2v) is 7.97. The predicted octanol–water partition coefficient (Wildman–Crippen LogP) is 3.21. The number of benzene rings is 1. The zero-order valence-corrected chi connectivity index (χ0v) is 17.1. The first-order valence-electron chi connectivity index (χ1n) is 8.93. The van der Waals surface area contributed by atoms with E-state index in [1.165, 1.54) is 5.56 Å². The van der Waals surface area contributed by atoms with Crippen molar-refractivity contribution in [1.29, 1.82) is 0 Å². The fourth-order valence-electron chi connectivity index (χ4n) is 3.25. The Morgan fingerprint density at radius 1 is 0.880 bits per heavy atom. The van der Waals surface area contributed by atoms with Crippen molar-refractivity contribution in [3.05, 3.63) is 23.3 Å². The monoisotopic (exact) mass is 350 g/mol. The third-order valence-electron chi connectivity index (χ3n) is 5.23. The van der Waals surface area contributed by atoms with Crippen LogP contribution in [-0.4, -0.2) is 59.5 Å². The summed E-state index contributed by atoms with van der Waals surface area (Å²) >= 11 is 0. The first-order chi connectivity index (χ1) is 11.7. The van der Waals surface area contributed by atoms with Crippen LogP contribution in [0.25, 0.3) is 0 Å². The van der Waals surface area contributed by atoms with Crippen molar-refractivity contribution in [2.24, 2.45) is 0 Å². The number of methoxy groups -OCH3 is 3. The standard InChI is InChI=1S/C20H34N2O3/c1-19(2,3)16-13-15(20(4,24-7)25-8)14-17(18(16)23-6)22-11-9-21(5)10-12-22/h13-14H,9-12H2,1-8H3. The molecule has 5 heteroatoms. The van der Waals surface area contributed by atoms with E-state index >= 15 is 0 Å². The van der Waals surface area contributed by atoms with Gasteiger partial charge in [-0.2, -0.15) is 0 Å². The lowest BCUT2D eigenvalue weighted by atomic mass is 9.83. The molecule has 0 saturated carbocycles. The van der Waals surface area contributed by atoms with E-state index in [-0.39, 0.29) is 5.41 Å². The maximum absolute atomic E-state index is 5.88. The topological polar surface area (TPSA) is 34.2 Å². The highest BCUT2D eigenvalue weighted by atomic mass is 16.7. The zero-order valence-electron chi connectivity index (χ0n) is 17.1. The molecular weight excluding hydrogens is 316 g/mol. The maximum atomic E-state index is 5.88. The van der Waals surface area contributed by atoms with Crippen molar-refractivity contribution in [2.45, 2.75) is 38.9 Å². The highest BCUT2D eigenvalue weighted by molar-refractivity contribution is 5.66. The van der Waals surface area contributed by atoms with Gasteiger partial charge in [0, 0.05) is 51.5 Å². The number of hydrogen-bond acceptors (Lipinski definition) is 5. The van der Waals surface area contributed by atoms with Crippen molar-refractivity contribution >= 4 is 5.69 Å². The van der Waals surface area contributed by atoms with E-state index in [0.29, 0.717) is 0 Å². The largest absolute Gasteiger partial charge is 0.494 e. The Morgan fingerprint density at radius 3 is 1.88 bits per heavy atom. The van der Waals surface area contributed by atoms with Crippen molar-refractivity contribution in [3.8, 4) is 5.75 Å². The molecule has 0 bridgehead atoms. The number of hydrogen-bond donors (Lipinski definition) is 0. The first kappa shape index (κ1) is 20.0. The summed E-state index contributed by atoms with van der Waals surface area (Å²) in [5.41, 5.74) is 3.25. The Balaban J connectivity index is 2.63. The van der Waals surface area contributed by atoms with Crippen LogP contribution in [0.3, 0.4) is 0 Å². The second-order valence-electron chi connectivity index (χ2n) is 7.97. The van der Waals surface area contributed by atoms with E-state index in [1.54, 1.807) is 21.3 Å². The number of likely N-dealkylation sites (N-methyl/N-ethyl adjacent to an activating group) is 1. The Labute approximate surface area is 152 Å². The number of nitrogens with zero attached hydrogens (tertiary/aromatic N) is 2. The van der Waals surface area contributed by atoms with E-state index < -0.39 is 5.79 Å². The van der Waals surface area contributed by atoms with Crippen LogP contribution in [-0.2, 0) is 20.7 Å². The van der Waals surface area contributed by atoms with E-state index in [0.717, 1.165) is 43.2 Å². The first-order valence-corrected chi connectivity index (χ1v) is 8.93. The molecule has 1 aliphatic heterocycles. The number of anilines is 1. The SMILES string of the molecule is COc1c(N2CCN(C)CC2)cc(C(C)(OC)OC)cc1C(C)(C)C. The van der Waals surface area contributed by atoms with Crippen molar-refractivity contribution < 1.29 is 14.2 Å². The molecule has 0 aliphatic carbocycles. The molecule has 0 aromatic heterocycles. The van der Waals surface area contributed by atoms with Gasteiger partial charge < -0.3 is 24.0 Å². The molecule has 1 saturated heterocycles. The maximum Gasteiger partial charge on any atom is 0.191 e. The molecule has 0 unspecified atom stereocenters. The van der Waals surface area contributed by atoms with Gasteiger partial charge in [0.15, 0.2) is 5.79 Å². The van der Waals surface area contributed by atoms with Gasteiger partial charge in [0.25, 0.3) is 0 Å². The van der Waals surface area contributed by atoms with Gasteiger partial charge in [0.1, 0.15) is 5.75 Å². The quantitative estimate of drug-likeness (QED) is 0.762. The lowest BCUT2D eigenvalue weighted by molar-refractivity contribution is -0.201. The Hall–Kier alpha value is -1.30. The van der Waals surface area contributed by atoms with Crippen molar-refractivity contribution in [3.63, 3.8) is 0 Å². The minimum absolute atomic E-state index is 0.0505. The Bertz CT molecular complexity index is 583. The lowest BCUT2D eigenvalue weighted by Crippen LogP contribution is -2.45. The molecular formula is C20H34N2O3. The van der Waals surface area contributed by atoms with E-state index in [9.17, 15) is 0 Å². The number of piperazine rings is 1. The van der Waals surface area contributed by atoms with Gasteiger partial charge >= 0.3 is 0 Å². The van der Waals surface area contributed by atoms with Crippen LogP contribution in [0.5, 0.6) is 5.75 Å². The molecule has 0 N–H and O–H groups in total. The average molecular weight is 351 g/mol. The highest BCUT2D eigenvalue weighted by Crippen LogP contribution is 2.43. The molecule has 0 amide bonds. The molecule has 0 atom stereocenters. The van der Waals surface area contributed by atoms with Crippen LogP contribution in [0.4, 0.5) is 5.69 Å². The zero-order chi connectivity index (χ0) is 18.8. The summed E-state index contributed by atoms with van der Waals surface area (Å²) in [7, 11) is 7.29. The minimum Gasteiger partial charge on any atom is -0.494 e. The Kier molecular flexibility index (Phi) is 6.02. The molecule has 1 aromatic rings. The summed E-state index contributed by atoms with van der Waals surface area (Å²) in [4.78, 5) is 4.76. The van der Waals surface area contributed by atoms with Crippen LogP contribution in [0.1, 0.15) is 38.8 Å². The summed E-state index contributed by atoms with van der Waals surface area (Å²) in [5.74, 6) is 0.170. The van der Waals surface area contributed by atoms with Gasteiger partial charge in [-0.1, -0.05) is 20.8 Å². The summed E-state index contributed by atoms with van der Waals surface area (Å²) in [6, 6.07) is 4.32. The normalized spacial score (nSPS) is 17.0. The van der Waals surface area contributed by atoms with Gasteiger partial charge in [-0.05, 0) is 31.5 Å². The molecule has 5 nitrogen and oxygen atoms in total. The summed E-state index contributed by atoms with van der Waals surface area (Å²) < 4.78 is 17.2. The third-order valence-corrected chi connectivity index (χ3v) is 5.23. The summed E-state index contributed by atoms with van der Waals surface area (Å²) in [6.45, 7) is 12.6. The fourth-order valence-corrected chi connectivity index (χ4v) is 3.25. The molecule has 142 valence electrons. The second kappa shape index (κ2) is 7.52. The predicted molar refractivity (Wildman–Crippen MR) is 103 cm³/mol. The van der Waals surface area contributed by atoms with E-state index in [4.69, 9.17) is 14.2 Å². The molecule has 25 heavy (non-hydrogen) atoms. The van der Waals surface area contributed by atoms with Crippen LogP contribution in [0.2, 0.25) is 0 Å². The molecule has 2 rings (SSSR count). The highest BCUT2D eigenvalue weighted by Gasteiger charge is 2.32. The summed E-state index contributed by atoms with van der Waals surface area (Å²) in [5, 5.41) is 0. The minimum atomic E-state index is -0.784. The van der Waals surface area contributed by atoms with E-state index in [1.807, 2.05) is 6.92 Å². The van der Waals surface area contributed by atoms with E-state index in [2.05, 4.69) is 49.8 Å². The van der Waals surface area contributed by atoms with Crippen LogP contribution < -0.4 is 9.64 Å². The van der Waals surface area contributed by atoms with Crippen LogP contribution in [0.15, 0.2) is 12.1 Å². The smallest absolute Gasteiger partial charge is 0.191 e. The van der Waals surface area contributed by atoms with Crippen molar-refractivity contribution in [2.75, 3.05) is 59.5 Å². The summed E-state index contributed by atoms with van der Waals surface area (Å²) in [6.07, 6.45) is 0.